The van der Waals surface area contributed by atoms with Crippen LogP contribution in [0, 0.1) is 0 Å². The molecule has 2 aromatic rings. The zero-order chi connectivity index (χ0) is 29.1. The fourth-order valence-corrected chi connectivity index (χ4v) is 6.14. The number of hydrogen-bond acceptors (Lipinski definition) is 10. The lowest BCUT2D eigenvalue weighted by Crippen LogP contribution is -2.53. The quantitative estimate of drug-likeness (QED) is 0.216. The maximum Gasteiger partial charge on any atom is 0.330 e. The molecule has 4 N–H and O–H groups in total. The third-order valence-electron chi connectivity index (χ3n) is 5.51. The van der Waals surface area contributed by atoms with Gasteiger partial charge >= 0.3 is 18.3 Å². The highest BCUT2D eigenvalue weighted by molar-refractivity contribution is 8.09. The molecule has 0 aliphatic carbocycles. The molecule has 1 aliphatic heterocycles. The summed E-state index contributed by atoms with van der Waals surface area (Å²) in [5.74, 6) is -0.533. The van der Waals surface area contributed by atoms with Crippen LogP contribution in [0.5, 0.6) is 5.75 Å². The van der Waals surface area contributed by atoms with Crippen LogP contribution in [0.15, 0.2) is 46.1 Å². The Hall–Kier alpha value is -2.23. The van der Waals surface area contributed by atoms with Crippen LogP contribution in [-0.4, -0.2) is 68.7 Å². The third kappa shape index (κ3) is 7.11. The van der Waals surface area contributed by atoms with Crippen LogP contribution in [0.25, 0.3) is 0 Å². The lowest BCUT2D eigenvalue weighted by molar-refractivity contribution is -0.192. The summed E-state index contributed by atoms with van der Waals surface area (Å²) < 4.78 is 51.4. The van der Waals surface area contributed by atoms with E-state index in [9.17, 15) is 33.4 Å². The fourth-order valence-electron chi connectivity index (χ4n) is 3.56. The van der Waals surface area contributed by atoms with Gasteiger partial charge in [-0.25, -0.2) is 18.7 Å². The minimum Gasteiger partial charge on any atom is -0.462 e. The van der Waals surface area contributed by atoms with Crippen molar-refractivity contribution in [2.24, 2.45) is 0 Å². The smallest absolute Gasteiger partial charge is 0.330 e. The summed E-state index contributed by atoms with van der Waals surface area (Å²) in [4.78, 5) is 38.1. The number of alkyl halides is 2. The highest BCUT2D eigenvalue weighted by Crippen LogP contribution is 2.49. The summed E-state index contributed by atoms with van der Waals surface area (Å²) in [5.41, 5.74) is -5.01. The lowest BCUT2D eigenvalue weighted by Gasteiger charge is -2.34. The number of carbonyl (C=O) groups excluding carboxylic acids is 1. The average molecular weight is 614 g/mol. The first-order valence-electron chi connectivity index (χ1n) is 11.5. The van der Waals surface area contributed by atoms with Gasteiger partial charge in [-0.15, -0.1) is 0 Å². The van der Waals surface area contributed by atoms with Crippen molar-refractivity contribution in [2.75, 3.05) is 6.61 Å². The van der Waals surface area contributed by atoms with Gasteiger partial charge in [-0.1, -0.05) is 29.8 Å². The summed E-state index contributed by atoms with van der Waals surface area (Å²) in [7, 11) is 0. The maximum atomic E-state index is 14.5. The van der Waals surface area contributed by atoms with Crippen LogP contribution in [0.3, 0.4) is 0 Å². The minimum atomic E-state index is -3.85. The zero-order valence-corrected chi connectivity index (χ0v) is 23.3. The van der Waals surface area contributed by atoms with Gasteiger partial charge < -0.3 is 28.7 Å². The van der Waals surface area contributed by atoms with E-state index < -0.39 is 78.1 Å². The van der Waals surface area contributed by atoms with Crippen LogP contribution in [-0.2, 0) is 30.6 Å². The number of hydrogen-bond donors (Lipinski definition) is 4. The Balaban J connectivity index is 1.92. The number of ether oxygens (including phenoxy) is 2. The van der Waals surface area contributed by atoms with Gasteiger partial charge in [0, 0.05) is 6.20 Å². The van der Waals surface area contributed by atoms with Crippen LogP contribution in [0.2, 0.25) is 5.02 Å². The first-order valence-corrected chi connectivity index (χ1v) is 14.5. The summed E-state index contributed by atoms with van der Waals surface area (Å²) in [5, 5.41) is 23.4. The first kappa shape index (κ1) is 31.3. The number of benzene rings is 1. The highest BCUT2D eigenvalue weighted by atomic mass is 35.5. The second kappa shape index (κ2) is 12.5. The number of rotatable bonds is 11. The van der Waals surface area contributed by atoms with Gasteiger partial charge in [-0.3, -0.25) is 19.1 Å². The van der Waals surface area contributed by atoms with Gasteiger partial charge in [0.05, 0.1) is 12.7 Å². The molecule has 39 heavy (non-hydrogen) atoms. The molecule has 6 atom stereocenters. The van der Waals surface area contributed by atoms with Crippen molar-refractivity contribution in [1.82, 2.24) is 14.6 Å². The van der Waals surface area contributed by atoms with Crippen LogP contribution >= 0.6 is 18.2 Å². The number of aromatic amines is 1. The van der Waals surface area contributed by atoms with E-state index in [2.05, 4.69) is 5.09 Å². The van der Waals surface area contributed by atoms with Crippen molar-refractivity contribution in [3.8, 4) is 5.75 Å². The second-order valence-electron chi connectivity index (χ2n) is 8.85. The summed E-state index contributed by atoms with van der Waals surface area (Å²) in [6.07, 6.45) is -9.43. The summed E-state index contributed by atoms with van der Waals surface area (Å²) >= 11 is 11.2. The third-order valence-corrected chi connectivity index (χ3v) is 8.26. The standard InChI is InChI=1S/C22H27ClF2N3O9PS/c1-11(2)35-19(32)12(3)27-38(39,37-13-7-5-4-6-8-13)34-10-22(20(24)25)16(30)15(29)18(36-22)28-9-14(23)17(31)26-21(28)33/h4-9,11-12,15-16,18,20,29-30H,10H2,1-3H3,(H,27,39)(H,26,31,33)/t12-,15+,16-,18+,22+,38?/m0/s1. The van der Waals surface area contributed by atoms with E-state index in [1.807, 2.05) is 4.98 Å². The molecule has 1 saturated heterocycles. The summed E-state index contributed by atoms with van der Waals surface area (Å²) in [6, 6.07) is 6.85. The van der Waals surface area contributed by atoms with E-state index in [0.29, 0.717) is 4.57 Å². The number of nitrogens with one attached hydrogen (secondary N) is 2. The van der Waals surface area contributed by atoms with Crippen LogP contribution in [0.1, 0.15) is 27.0 Å². The van der Waals surface area contributed by atoms with Crippen molar-refractivity contribution >= 4 is 36.0 Å². The molecule has 1 unspecified atom stereocenters. The maximum absolute atomic E-state index is 14.5. The van der Waals surface area contributed by atoms with Crippen LogP contribution < -0.4 is 20.9 Å². The van der Waals surface area contributed by atoms with E-state index in [4.69, 9.17) is 41.9 Å². The Morgan fingerprint density at radius 1 is 1.28 bits per heavy atom. The number of aliphatic hydroxyl groups is 2. The molecule has 1 aliphatic rings. The van der Waals surface area contributed by atoms with Gasteiger partial charge in [0.1, 0.15) is 29.0 Å². The van der Waals surface area contributed by atoms with Crippen molar-refractivity contribution in [1.29, 1.82) is 0 Å². The fraction of sp³-hybridized carbons (Fsp3) is 0.500. The molecule has 2 heterocycles. The monoisotopic (exact) mass is 613 g/mol. The molecule has 0 radical (unpaired) electrons. The number of H-pyrrole nitrogens is 1. The molecule has 12 nitrogen and oxygen atoms in total. The molecule has 0 saturated carbocycles. The Bertz CT molecular complexity index is 1330. The Morgan fingerprint density at radius 2 is 1.92 bits per heavy atom. The number of carbonyl (C=O) groups is 1. The van der Waals surface area contributed by atoms with Crippen molar-refractivity contribution in [2.45, 2.75) is 63.4 Å². The van der Waals surface area contributed by atoms with E-state index in [1.54, 1.807) is 32.0 Å². The van der Waals surface area contributed by atoms with Crippen LogP contribution in [0.4, 0.5) is 8.78 Å². The second-order valence-corrected chi connectivity index (χ2v) is 12.4. The summed E-state index contributed by atoms with van der Waals surface area (Å²) in [6.45, 7) is -0.333. The minimum absolute atomic E-state index is 0.184. The Morgan fingerprint density at radius 3 is 2.51 bits per heavy atom. The molecule has 17 heteroatoms. The topological polar surface area (TPSA) is 161 Å². The number of nitrogens with zero attached hydrogens (tertiary/aromatic N) is 1. The van der Waals surface area contributed by atoms with Crippen molar-refractivity contribution in [3.63, 3.8) is 0 Å². The largest absolute Gasteiger partial charge is 0.462 e. The normalized spacial score (nSPS) is 25.4. The van der Waals surface area contributed by atoms with E-state index >= 15 is 0 Å². The number of aromatic nitrogens is 2. The number of para-hydroxylation sites is 1. The Labute approximate surface area is 231 Å². The first-order chi connectivity index (χ1) is 18.2. The number of halogens is 3. The lowest BCUT2D eigenvalue weighted by atomic mass is 9.96. The van der Waals surface area contributed by atoms with Gasteiger partial charge in [0.2, 0.25) is 0 Å². The molecule has 0 bridgehead atoms. The molecule has 216 valence electrons. The SMILES string of the molecule is CC(C)OC(=O)[C@H](C)NP(=S)(OC[C@@]1(C(F)F)O[C@@H](n2cc(Cl)c(=O)[nH]c2=O)[C@H](O)[C@@H]1O)Oc1ccccc1. The van der Waals surface area contributed by atoms with Gasteiger partial charge in [-0.05, 0) is 44.7 Å². The van der Waals surface area contributed by atoms with E-state index in [-0.39, 0.29) is 5.75 Å². The van der Waals surface area contributed by atoms with Crippen molar-refractivity contribution < 1.29 is 42.3 Å². The van der Waals surface area contributed by atoms with E-state index in [1.165, 1.54) is 19.1 Å². The molecule has 1 aromatic carbocycles. The highest BCUT2D eigenvalue weighted by Gasteiger charge is 2.61. The number of esters is 1. The van der Waals surface area contributed by atoms with E-state index in [0.717, 1.165) is 6.20 Å². The molecular weight excluding hydrogens is 587 g/mol. The molecule has 0 amide bonds. The van der Waals surface area contributed by atoms with Gasteiger partial charge in [0.15, 0.2) is 11.8 Å². The predicted octanol–water partition coefficient (Wildman–Crippen LogP) is 1.69. The predicted molar refractivity (Wildman–Crippen MR) is 138 cm³/mol. The molecule has 3 rings (SSSR count). The zero-order valence-electron chi connectivity index (χ0n) is 20.8. The molecule has 1 fully saturated rings. The van der Waals surface area contributed by atoms with Gasteiger partial charge in [-0.2, -0.15) is 0 Å². The molecular formula is C22H27ClF2N3O9PS. The Kier molecular flexibility index (Phi) is 10.0. The van der Waals surface area contributed by atoms with Gasteiger partial charge in [0.25, 0.3) is 12.0 Å². The molecule has 0 spiro atoms. The van der Waals surface area contributed by atoms with Crippen molar-refractivity contribution in [3.05, 3.63) is 62.4 Å². The molecule has 1 aromatic heterocycles. The average Bonchev–Trinajstić information content (AvgIpc) is 3.11. The number of aliphatic hydroxyl groups excluding tert-OH is 2.